The van der Waals surface area contributed by atoms with E-state index in [0.717, 1.165) is 21.6 Å². The topological polar surface area (TPSA) is 66.8 Å². The van der Waals surface area contributed by atoms with Gasteiger partial charge in [0.2, 0.25) is 0 Å². The van der Waals surface area contributed by atoms with Gasteiger partial charge in [0, 0.05) is 16.9 Å². The third-order valence-corrected chi connectivity index (χ3v) is 3.50. The lowest BCUT2D eigenvalue weighted by atomic mass is 10.1. The summed E-state index contributed by atoms with van der Waals surface area (Å²) in [4.78, 5) is 28.9. The Bertz CT molecular complexity index is 916. The van der Waals surface area contributed by atoms with Gasteiger partial charge < -0.3 is 9.94 Å². The van der Waals surface area contributed by atoms with Gasteiger partial charge in [-0.25, -0.2) is 4.79 Å². The molecule has 1 aliphatic carbocycles. The minimum atomic E-state index is -1.07. The van der Waals surface area contributed by atoms with Gasteiger partial charge in [-0.05, 0) is 23.4 Å². The number of carbonyl (C=O) groups excluding carboxylic acids is 1. The highest BCUT2D eigenvalue weighted by molar-refractivity contribution is 5.94. The highest BCUT2D eigenvalue weighted by atomic mass is 16.7. The van der Waals surface area contributed by atoms with Gasteiger partial charge in [0.05, 0.1) is 6.54 Å². The zero-order valence-corrected chi connectivity index (χ0v) is 12.8. The number of hydrogen-bond donors (Lipinski definition) is 1. The number of hydrogen-bond acceptors (Lipinski definition) is 3. The van der Waals surface area contributed by atoms with Crippen molar-refractivity contribution < 1.29 is 19.5 Å². The Hall–Kier alpha value is -3.34. The molecule has 5 heteroatoms. The molecular weight excluding hydrogens is 306 g/mol. The fourth-order valence-corrected chi connectivity index (χ4v) is 2.32. The van der Waals surface area contributed by atoms with Crippen molar-refractivity contribution in [2.45, 2.75) is 0 Å². The lowest BCUT2D eigenvalue weighted by molar-refractivity contribution is -0.131. The second kappa shape index (κ2) is 6.83. The van der Waals surface area contributed by atoms with E-state index in [9.17, 15) is 9.59 Å². The van der Waals surface area contributed by atoms with E-state index in [0.29, 0.717) is 11.3 Å². The van der Waals surface area contributed by atoms with E-state index < -0.39 is 5.97 Å². The summed E-state index contributed by atoms with van der Waals surface area (Å²) in [7, 11) is 0. The van der Waals surface area contributed by atoms with Crippen LogP contribution >= 0.6 is 0 Å². The lowest BCUT2D eigenvalue weighted by Crippen LogP contribution is -2.39. The van der Waals surface area contributed by atoms with Crippen LogP contribution in [0.15, 0.2) is 66.7 Å². The molecule has 0 radical (unpaired) electrons. The maximum absolute atomic E-state index is 12.6. The monoisotopic (exact) mass is 321 g/mol. The molecule has 0 aliphatic heterocycles. The summed E-state index contributed by atoms with van der Waals surface area (Å²) in [5.41, 5.74) is 0.467. The first-order chi connectivity index (χ1) is 11.6. The van der Waals surface area contributed by atoms with Crippen LogP contribution < -0.4 is 10.4 Å². The van der Waals surface area contributed by atoms with Crippen LogP contribution in [-0.2, 0) is 9.63 Å². The molecule has 0 unspecified atom stereocenters. The molecule has 0 saturated heterocycles. The fraction of sp³-hybridized carbons (Fsp3) is 0.0526. The van der Waals surface area contributed by atoms with Crippen molar-refractivity contribution in [3.05, 3.63) is 82.8 Å². The summed E-state index contributed by atoms with van der Waals surface area (Å²) in [6, 6.07) is 16.4. The fourth-order valence-electron chi connectivity index (χ4n) is 2.32. The highest BCUT2D eigenvalue weighted by Gasteiger charge is 2.19. The predicted octanol–water partition coefficient (Wildman–Crippen LogP) is 1.30. The van der Waals surface area contributed by atoms with Crippen molar-refractivity contribution in [3.8, 4) is 0 Å². The lowest BCUT2D eigenvalue weighted by Gasteiger charge is -2.23. The molecule has 0 aromatic heterocycles. The molecule has 0 heterocycles. The van der Waals surface area contributed by atoms with Crippen LogP contribution in [0.5, 0.6) is 0 Å². The van der Waals surface area contributed by atoms with Crippen LogP contribution in [0.4, 0.5) is 0 Å². The quantitative estimate of drug-likeness (QED) is 0.643. The molecule has 0 bridgehead atoms. The Morgan fingerprint density at radius 2 is 1.75 bits per heavy atom. The summed E-state index contributed by atoms with van der Waals surface area (Å²) in [5.74, 6) is -0.829. The van der Waals surface area contributed by atoms with Gasteiger partial charge in [0.1, 0.15) is 0 Å². The van der Waals surface area contributed by atoms with E-state index in [4.69, 9.17) is 9.94 Å². The molecule has 0 fully saturated rings. The Morgan fingerprint density at radius 1 is 1.04 bits per heavy atom. The second-order valence-corrected chi connectivity index (χ2v) is 5.16. The van der Waals surface area contributed by atoms with Gasteiger partial charge in [-0.1, -0.05) is 48.5 Å². The Balaban J connectivity index is 1.84. The zero-order valence-electron chi connectivity index (χ0n) is 12.8. The zero-order chi connectivity index (χ0) is 16.9. The third-order valence-electron chi connectivity index (χ3n) is 3.50. The molecule has 2 aromatic rings. The number of carboxylic acid groups (broad SMARTS) is 1. The van der Waals surface area contributed by atoms with Crippen molar-refractivity contribution in [2.24, 2.45) is 0 Å². The van der Waals surface area contributed by atoms with E-state index in [1.54, 1.807) is 24.3 Å². The molecule has 1 aliphatic rings. The number of hydroxylamine groups is 2. The van der Waals surface area contributed by atoms with E-state index in [1.165, 1.54) is 6.08 Å². The summed E-state index contributed by atoms with van der Waals surface area (Å²) in [5, 5.41) is 11.8. The number of carboxylic acids is 1. The summed E-state index contributed by atoms with van der Waals surface area (Å²) in [6.45, 7) is 0.0273. The average Bonchev–Trinajstić information content (AvgIpc) is 2.58. The van der Waals surface area contributed by atoms with Crippen LogP contribution in [0.1, 0.15) is 10.4 Å². The van der Waals surface area contributed by atoms with Gasteiger partial charge in [-0.2, -0.15) is 5.06 Å². The molecule has 1 amide bonds. The minimum Gasteiger partial charge on any atom is -0.478 e. The van der Waals surface area contributed by atoms with Crippen molar-refractivity contribution in [1.29, 1.82) is 0 Å². The van der Waals surface area contributed by atoms with Crippen LogP contribution in [0.25, 0.3) is 11.8 Å². The van der Waals surface area contributed by atoms with Gasteiger partial charge in [-0.15, -0.1) is 0 Å². The van der Waals surface area contributed by atoms with Crippen LogP contribution in [0, 0.1) is 0 Å². The Kier molecular flexibility index (Phi) is 4.43. The number of aliphatic carboxylic acids is 1. The molecule has 1 N–H and O–H groups in total. The summed E-state index contributed by atoms with van der Waals surface area (Å²) < 4.78 is 0. The van der Waals surface area contributed by atoms with E-state index in [1.807, 2.05) is 36.4 Å². The molecule has 2 aromatic carbocycles. The van der Waals surface area contributed by atoms with E-state index in [-0.39, 0.29) is 12.5 Å². The van der Waals surface area contributed by atoms with Crippen LogP contribution in [0.3, 0.4) is 0 Å². The van der Waals surface area contributed by atoms with Crippen LogP contribution in [0.2, 0.25) is 0 Å². The first-order valence-corrected chi connectivity index (χ1v) is 7.40. The minimum absolute atomic E-state index is 0.0273. The Morgan fingerprint density at radius 3 is 2.46 bits per heavy atom. The number of benzene rings is 2. The largest absolute Gasteiger partial charge is 0.478 e. The molecule has 0 saturated carbocycles. The Labute approximate surface area is 138 Å². The first kappa shape index (κ1) is 15.6. The number of rotatable bonds is 6. The number of carbonyl (C=O) groups is 2. The number of fused-ring (bicyclic) bond motifs is 1. The third kappa shape index (κ3) is 3.35. The maximum Gasteiger partial charge on any atom is 0.328 e. The molecule has 120 valence electrons. The van der Waals surface area contributed by atoms with Crippen molar-refractivity contribution in [2.75, 3.05) is 6.54 Å². The molecule has 3 rings (SSSR count). The predicted molar refractivity (Wildman–Crippen MR) is 88.9 cm³/mol. The standard InChI is InChI=1S/C19H15NO4/c21-18(22)11-6-12-20(19(23)14-7-2-1-3-8-14)24-17-13-15-9-4-5-10-16(15)17/h1-11,13H,12H2,(H,21,22). The highest BCUT2D eigenvalue weighted by Crippen LogP contribution is 2.12. The second-order valence-electron chi connectivity index (χ2n) is 5.16. The molecule has 0 spiro atoms. The van der Waals surface area contributed by atoms with Crippen molar-refractivity contribution in [1.82, 2.24) is 5.06 Å². The van der Waals surface area contributed by atoms with Gasteiger partial charge in [-0.3, -0.25) is 4.79 Å². The van der Waals surface area contributed by atoms with E-state index in [2.05, 4.69) is 0 Å². The van der Waals surface area contributed by atoms with Crippen LogP contribution in [-0.4, -0.2) is 28.6 Å². The number of nitrogens with zero attached hydrogens (tertiary/aromatic N) is 1. The molecular formula is C19H15NO4. The summed E-state index contributed by atoms with van der Waals surface area (Å²) in [6.07, 6.45) is 4.19. The molecule has 24 heavy (non-hydrogen) atoms. The van der Waals surface area contributed by atoms with Crippen molar-refractivity contribution >= 4 is 23.7 Å². The smallest absolute Gasteiger partial charge is 0.328 e. The van der Waals surface area contributed by atoms with E-state index >= 15 is 0 Å². The first-order valence-electron chi connectivity index (χ1n) is 7.40. The SMILES string of the molecule is O=C(O)C=CCN(OC1=c2ccccc2=C1)C(=O)c1ccccc1. The summed E-state index contributed by atoms with van der Waals surface area (Å²) >= 11 is 0. The maximum atomic E-state index is 12.6. The van der Waals surface area contributed by atoms with Gasteiger partial charge >= 0.3 is 5.97 Å². The van der Waals surface area contributed by atoms with Gasteiger partial charge in [0.25, 0.3) is 5.91 Å². The molecule has 0 atom stereocenters. The number of amides is 1. The van der Waals surface area contributed by atoms with Crippen molar-refractivity contribution in [3.63, 3.8) is 0 Å². The normalized spacial score (nSPS) is 12.1. The molecule has 5 nitrogen and oxygen atoms in total. The average molecular weight is 321 g/mol. The van der Waals surface area contributed by atoms with Gasteiger partial charge in [0.15, 0.2) is 5.76 Å².